The summed E-state index contributed by atoms with van der Waals surface area (Å²) < 4.78 is 30.3. The monoisotopic (exact) mass is 394 g/mol. The summed E-state index contributed by atoms with van der Waals surface area (Å²) in [5, 5.41) is 0. The van der Waals surface area contributed by atoms with Gasteiger partial charge >= 0.3 is 0 Å². The number of aryl methyl sites for hydroxylation is 2. The molecule has 0 saturated carbocycles. The lowest BCUT2D eigenvalue weighted by Gasteiger charge is -2.43. The molecule has 4 rings (SSSR count). The average Bonchev–Trinajstić information content (AvgIpc) is 3.25. The van der Waals surface area contributed by atoms with E-state index < -0.39 is 9.84 Å². The quantitative estimate of drug-likeness (QED) is 0.797. The molecule has 2 aromatic rings. The zero-order chi connectivity index (χ0) is 18.5. The van der Waals surface area contributed by atoms with Crippen molar-refractivity contribution in [3.05, 3.63) is 45.5 Å². The van der Waals surface area contributed by atoms with Gasteiger partial charge in [-0.1, -0.05) is 0 Å². The van der Waals surface area contributed by atoms with E-state index in [9.17, 15) is 13.2 Å². The van der Waals surface area contributed by atoms with Gasteiger partial charge in [0.15, 0.2) is 9.84 Å². The van der Waals surface area contributed by atoms with E-state index in [1.165, 1.54) is 11.3 Å². The first kappa shape index (κ1) is 17.8. The van der Waals surface area contributed by atoms with E-state index >= 15 is 0 Å². The number of furan rings is 1. The number of thiophene rings is 1. The van der Waals surface area contributed by atoms with E-state index in [0.717, 1.165) is 16.4 Å². The maximum absolute atomic E-state index is 12.9. The van der Waals surface area contributed by atoms with Crippen molar-refractivity contribution in [1.82, 2.24) is 9.80 Å². The highest BCUT2D eigenvalue weighted by atomic mass is 32.2. The molecule has 2 fully saturated rings. The highest BCUT2D eigenvalue weighted by Gasteiger charge is 2.48. The molecule has 2 atom stereocenters. The number of amides is 1. The van der Waals surface area contributed by atoms with Crippen molar-refractivity contribution < 1.29 is 17.6 Å². The minimum Gasteiger partial charge on any atom is -0.465 e. The van der Waals surface area contributed by atoms with Crippen LogP contribution in [0.25, 0.3) is 0 Å². The van der Waals surface area contributed by atoms with E-state index in [0.29, 0.717) is 24.5 Å². The van der Waals surface area contributed by atoms with Crippen LogP contribution in [0.5, 0.6) is 0 Å². The number of sulfone groups is 1. The van der Waals surface area contributed by atoms with Crippen LogP contribution in [-0.4, -0.2) is 60.8 Å². The Hall–Kier alpha value is -1.64. The molecule has 0 aliphatic carbocycles. The molecule has 140 valence electrons. The summed E-state index contributed by atoms with van der Waals surface area (Å²) in [6, 6.07) is 7.13. The Bertz CT molecular complexity index is 931. The van der Waals surface area contributed by atoms with Crippen LogP contribution in [0.4, 0.5) is 0 Å². The van der Waals surface area contributed by atoms with Gasteiger partial charge in [-0.2, -0.15) is 0 Å². The topological polar surface area (TPSA) is 70.8 Å². The van der Waals surface area contributed by atoms with Crippen LogP contribution in [0.15, 0.2) is 28.7 Å². The predicted molar refractivity (Wildman–Crippen MR) is 100 cm³/mol. The minimum atomic E-state index is -3.16. The summed E-state index contributed by atoms with van der Waals surface area (Å²) in [4.78, 5) is 18.6. The molecule has 2 aliphatic heterocycles. The predicted octanol–water partition coefficient (Wildman–Crippen LogP) is 2.08. The van der Waals surface area contributed by atoms with Crippen LogP contribution < -0.4 is 0 Å². The van der Waals surface area contributed by atoms with Crippen LogP contribution in [0, 0.1) is 13.8 Å². The summed E-state index contributed by atoms with van der Waals surface area (Å²) in [7, 11) is -3.16. The highest BCUT2D eigenvalue weighted by Crippen LogP contribution is 2.30. The molecule has 0 aromatic carbocycles. The number of hydrogen-bond donors (Lipinski definition) is 0. The van der Waals surface area contributed by atoms with Crippen LogP contribution in [-0.2, 0) is 16.4 Å². The fraction of sp³-hybridized carbons (Fsp3) is 0.500. The smallest absolute Gasteiger partial charge is 0.264 e. The second-order valence-corrected chi connectivity index (χ2v) is 10.5. The number of rotatable bonds is 3. The summed E-state index contributed by atoms with van der Waals surface area (Å²) >= 11 is 1.46. The zero-order valence-electron chi connectivity index (χ0n) is 14.8. The lowest BCUT2D eigenvalue weighted by Crippen LogP contribution is -2.60. The van der Waals surface area contributed by atoms with Crippen LogP contribution in [0.2, 0.25) is 0 Å². The lowest BCUT2D eigenvalue weighted by molar-refractivity contribution is 0.0288. The van der Waals surface area contributed by atoms with Gasteiger partial charge in [0, 0.05) is 24.0 Å². The fourth-order valence-electron chi connectivity index (χ4n) is 3.93. The van der Waals surface area contributed by atoms with E-state index in [2.05, 4.69) is 4.90 Å². The van der Waals surface area contributed by atoms with Gasteiger partial charge in [-0.05, 0) is 38.1 Å². The van der Waals surface area contributed by atoms with Gasteiger partial charge in [0.25, 0.3) is 5.91 Å². The van der Waals surface area contributed by atoms with Gasteiger partial charge in [0.1, 0.15) is 11.5 Å². The normalized spacial score (nSPS) is 25.4. The van der Waals surface area contributed by atoms with Crippen LogP contribution in [0.3, 0.4) is 0 Å². The van der Waals surface area contributed by atoms with Crippen molar-refractivity contribution in [3.63, 3.8) is 0 Å². The standard InChI is InChI=1S/C18H22N2O4S2/c1-12-3-5-14(24-12)9-19-7-8-20(16-11-26(22,23)10-15(16)19)18(21)17-6-4-13(2)25-17/h3-6,15-16H,7-11H2,1-2H3/t15-,16+/m1/s1. The van der Waals surface area contributed by atoms with Crippen molar-refractivity contribution in [2.24, 2.45) is 0 Å². The van der Waals surface area contributed by atoms with Crippen molar-refractivity contribution in [2.45, 2.75) is 32.5 Å². The summed E-state index contributed by atoms with van der Waals surface area (Å²) in [6.07, 6.45) is 0. The van der Waals surface area contributed by atoms with Crippen LogP contribution >= 0.6 is 11.3 Å². The molecule has 0 spiro atoms. The molecule has 2 aliphatic rings. The maximum atomic E-state index is 12.9. The molecule has 0 unspecified atom stereocenters. The molecule has 26 heavy (non-hydrogen) atoms. The summed E-state index contributed by atoms with van der Waals surface area (Å²) in [5.41, 5.74) is 0. The highest BCUT2D eigenvalue weighted by molar-refractivity contribution is 7.91. The molecule has 6 nitrogen and oxygen atoms in total. The van der Waals surface area contributed by atoms with Gasteiger partial charge < -0.3 is 9.32 Å². The van der Waals surface area contributed by atoms with Gasteiger partial charge in [0.05, 0.1) is 29.0 Å². The Morgan fingerprint density at radius 2 is 1.92 bits per heavy atom. The Kier molecular flexibility index (Phi) is 4.45. The third-order valence-corrected chi connectivity index (χ3v) is 7.85. The first-order valence-electron chi connectivity index (χ1n) is 8.69. The maximum Gasteiger partial charge on any atom is 0.264 e. The molecule has 0 bridgehead atoms. The van der Waals surface area contributed by atoms with E-state index in [1.54, 1.807) is 4.90 Å². The molecule has 1 amide bonds. The third-order valence-electron chi connectivity index (χ3n) is 5.16. The minimum absolute atomic E-state index is 0.0431. The molecular formula is C18H22N2O4S2. The SMILES string of the molecule is Cc1ccc(CN2CCN(C(=O)c3ccc(C)s3)[C@H]3CS(=O)(=O)C[C@H]32)o1. The first-order chi connectivity index (χ1) is 12.3. The average molecular weight is 395 g/mol. The number of carbonyl (C=O) groups excluding carboxylic acids is 1. The Balaban J connectivity index is 1.58. The summed E-state index contributed by atoms with van der Waals surface area (Å²) in [5.74, 6) is 1.77. The molecule has 4 heterocycles. The van der Waals surface area contributed by atoms with Crippen molar-refractivity contribution in [2.75, 3.05) is 24.6 Å². The fourth-order valence-corrected chi connectivity index (χ4v) is 6.77. The molecule has 2 aromatic heterocycles. The van der Waals surface area contributed by atoms with Crippen molar-refractivity contribution in [1.29, 1.82) is 0 Å². The molecule has 2 saturated heterocycles. The van der Waals surface area contributed by atoms with Crippen molar-refractivity contribution >= 4 is 27.1 Å². The number of hydrogen-bond acceptors (Lipinski definition) is 6. The van der Waals surface area contributed by atoms with Gasteiger partial charge in [-0.15, -0.1) is 11.3 Å². The van der Waals surface area contributed by atoms with E-state index in [1.807, 2.05) is 38.1 Å². The van der Waals surface area contributed by atoms with Crippen LogP contribution in [0.1, 0.15) is 26.1 Å². The number of nitrogens with zero attached hydrogens (tertiary/aromatic N) is 2. The summed E-state index contributed by atoms with van der Waals surface area (Å²) in [6.45, 7) is 5.61. The molecule has 0 radical (unpaired) electrons. The Morgan fingerprint density at radius 1 is 1.15 bits per heavy atom. The lowest BCUT2D eigenvalue weighted by atomic mass is 10.0. The zero-order valence-corrected chi connectivity index (χ0v) is 16.5. The van der Waals surface area contributed by atoms with Gasteiger partial charge in [0.2, 0.25) is 0 Å². The number of piperazine rings is 1. The molecule has 0 N–H and O–H groups in total. The number of carbonyl (C=O) groups is 1. The third kappa shape index (κ3) is 3.33. The second kappa shape index (κ2) is 6.51. The first-order valence-corrected chi connectivity index (χ1v) is 11.3. The second-order valence-electron chi connectivity index (χ2n) is 7.10. The van der Waals surface area contributed by atoms with Crippen molar-refractivity contribution in [3.8, 4) is 0 Å². The number of fused-ring (bicyclic) bond motifs is 1. The van der Waals surface area contributed by atoms with Gasteiger partial charge in [-0.25, -0.2) is 8.42 Å². The molecule has 8 heteroatoms. The Morgan fingerprint density at radius 3 is 2.58 bits per heavy atom. The Labute approximate surface area is 157 Å². The largest absolute Gasteiger partial charge is 0.465 e. The van der Waals surface area contributed by atoms with E-state index in [4.69, 9.17) is 4.42 Å². The van der Waals surface area contributed by atoms with E-state index in [-0.39, 0.29) is 29.5 Å². The molecular weight excluding hydrogens is 372 g/mol. The van der Waals surface area contributed by atoms with Gasteiger partial charge in [-0.3, -0.25) is 9.69 Å².